The number of furan rings is 1. The fourth-order valence-electron chi connectivity index (χ4n) is 2.78. The summed E-state index contributed by atoms with van der Waals surface area (Å²) >= 11 is 0. The predicted octanol–water partition coefficient (Wildman–Crippen LogP) is 3.24. The maximum Gasteiger partial charge on any atom is 0.387 e. The number of ether oxygens (including phenoxy) is 1. The van der Waals surface area contributed by atoms with Crippen molar-refractivity contribution >= 4 is 12.0 Å². The van der Waals surface area contributed by atoms with Crippen molar-refractivity contribution in [2.75, 3.05) is 26.2 Å². The van der Waals surface area contributed by atoms with E-state index in [0.29, 0.717) is 13.1 Å². The second-order valence-corrected chi connectivity index (χ2v) is 5.96. The van der Waals surface area contributed by atoms with E-state index in [1.165, 1.54) is 18.2 Å². The van der Waals surface area contributed by atoms with E-state index < -0.39 is 6.61 Å². The highest BCUT2D eigenvalue weighted by Gasteiger charge is 2.20. The standard InChI is InChI=1S/C19H20F2N2O3/c20-19(21)26-16-6-3-15(4-7-16)5-8-18(24)23-11-9-22(10-12-23)14-17-2-1-13-25-17/h1-8,13,19H,9-12,14H2/b8-5-. The van der Waals surface area contributed by atoms with Crippen LogP contribution in [0.5, 0.6) is 5.75 Å². The molecule has 2 aromatic rings. The normalized spacial score (nSPS) is 15.7. The van der Waals surface area contributed by atoms with Crippen LogP contribution in [0.25, 0.3) is 6.08 Å². The molecule has 5 nitrogen and oxygen atoms in total. The van der Waals surface area contributed by atoms with Crippen LogP contribution in [-0.2, 0) is 11.3 Å². The van der Waals surface area contributed by atoms with Gasteiger partial charge in [0.25, 0.3) is 0 Å². The van der Waals surface area contributed by atoms with Gasteiger partial charge in [-0.05, 0) is 35.9 Å². The summed E-state index contributed by atoms with van der Waals surface area (Å²) in [6.45, 7) is 0.804. The molecule has 1 aromatic heterocycles. The summed E-state index contributed by atoms with van der Waals surface area (Å²) in [6, 6.07) is 9.96. The van der Waals surface area contributed by atoms with Gasteiger partial charge in [0.2, 0.25) is 5.91 Å². The number of benzene rings is 1. The van der Waals surface area contributed by atoms with Crippen molar-refractivity contribution in [2.45, 2.75) is 13.2 Å². The quantitative estimate of drug-likeness (QED) is 0.740. The molecule has 7 heteroatoms. The molecule has 3 rings (SSSR count). The molecule has 1 aromatic carbocycles. The minimum atomic E-state index is -2.84. The summed E-state index contributed by atoms with van der Waals surface area (Å²) in [6.07, 6.45) is 4.83. The molecule has 1 fully saturated rings. The van der Waals surface area contributed by atoms with E-state index in [-0.39, 0.29) is 11.7 Å². The maximum atomic E-state index is 12.3. The number of halogens is 2. The van der Waals surface area contributed by atoms with Crippen molar-refractivity contribution in [3.63, 3.8) is 0 Å². The van der Waals surface area contributed by atoms with Crippen molar-refractivity contribution in [1.29, 1.82) is 0 Å². The third kappa shape index (κ3) is 5.16. The summed E-state index contributed by atoms with van der Waals surface area (Å²) in [4.78, 5) is 16.3. The van der Waals surface area contributed by atoms with Gasteiger partial charge in [0.1, 0.15) is 11.5 Å². The SMILES string of the molecule is O=C(/C=C\c1ccc(OC(F)F)cc1)N1CCN(Cc2ccco2)CC1. The third-order valence-electron chi connectivity index (χ3n) is 4.17. The zero-order valence-electron chi connectivity index (χ0n) is 14.2. The molecule has 138 valence electrons. The van der Waals surface area contributed by atoms with Gasteiger partial charge in [0.15, 0.2) is 0 Å². The number of hydrogen-bond acceptors (Lipinski definition) is 4. The minimum Gasteiger partial charge on any atom is -0.468 e. The highest BCUT2D eigenvalue weighted by Crippen LogP contribution is 2.16. The van der Waals surface area contributed by atoms with Crippen molar-refractivity contribution in [2.24, 2.45) is 0 Å². The molecule has 0 spiro atoms. The van der Waals surface area contributed by atoms with Crippen LogP contribution in [0.4, 0.5) is 8.78 Å². The molecule has 0 aliphatic carbocycles. The molecular formula is C19H20F2N2O3. The van der Waals surface area contributed by atoms with Crippen molar-refractivity contribution in [3.05, 3.63) is 60.1 Å². The first-order valence-corrected chi connectivity index (χ1v) is 8.37. The Kier molecular flexibility index (Phi) is 6.01. The van der Waals surface area contributed by atoms with E-state index >= 15 is 0 Å². The number of rotatable bonds is 6. The van der Waals surface area contributed by atoms with Gasteiger partial charge in [-0.25, -0.2) is 0 Å². The largest absolute Gasteiger partial charge is 0.468 e. The molecule has 2 heterocycles. The van der Waals surface area contributed by atoms with Crippen LogP contribution in [0.3, 0.4) is 0 Å². The van der Waals surface area contributed by atoms with Gasteiger partial charge in [0, 0.05) is 32.3 Å². The van der Waals surface area contributed by atoms with Crippen molar-refractivity contribution in [1.82, 2.24) is 9.80 Å². The molecule has 0 N–H and O–H groups in total. The smallest absolute Gasteiger partial charge is 0.387 e. The van der Waals surface area contributed by atoms with Crippen molar-refractivity contribution < 1.29 is 22.7 Å². The molecule has 1 saturated heterocycles. The number of nitrogens with zero attached hydrogens (tertiary/aromatic N) is 2. The van der Waals surface area contributed by atoms with Gasteiger partial charge in [-0.15, -0.1) is 0 Å². The molecule has 0 bridgehead atoms. The second kappa shape index (κ2) is 8.62. The molecule has 1 aliphatic rings. The molecule has 1 amide bonds. The monoisotopic (exact) mass is 362 g/mol. The van der Waals surface area contributed by atoms with E-state index in [4.69, 9.17) is 4.42 Å². The fraction of sp³-hybridized carbons (Fsp3) is 0.316. The lowest BCUT2D eigenvalue weighted by Crippen LogP contribution is -2.47. The topological polar surface area (TPSA) is 45.9 Å². The molecular weight excluding hydrogens is 342 g/mol. The van der Waals surface area contributed by atoms with E-state index in [9.17, 15) is 13.6 Å². The lowest BCUT2D eigenvalue weighted by atomic mass is 10.2. The Morgan fingerprint density at radius 3 is 2.50 bits per heavy atom. The van der Waals surface area contributed by atoms with E-state index in [2.05, 4.69) is 9.64 Å². The number of carbonyl (C=O) groups is 1. The van der Waals surface area contributed by atoms with Crippen molar-refractivity contribution in [3.8, 4) is 5.75 Å². The Balaban J connectivity index is 1.47. The summed E-state index contributed by atoms with van der Waals surface area (Å²) < 4.78 is 33.9. The van der Waals surface area contributed by atoms with Gasteiger partial charge in [0.05, 0.1) is 12.8 Å². The summed E-state index contributed by atoms with van der Waals surface area (Å²) in [5.41, 5.74) is 0.747. The summed E-state index contributed by atoms with van der Waals surface area (Å²) in [5.74, 6) is 0.954. The highest BCUT2D eigenvalue weighted by molar-refractivity contribution is 5.91. The maximum absolute atomic E-state index is 12.3. The lowest BCUT2D eigenvalue weighted by Gasteiger charge is -2.33. The average molecular weight is 362 g/mol. The minimum absolute atomic E-state index is 0.0597. The predicted molar refractivity (Wildman–Crippen MR) is 92.7 cm³/mol. The number of amides is 1. The first kappa shape index (κ1) is 18.1. The van der Waals surface area contributed by atoms with Gasteiger partial charge in [-0.2, -0.15) is 8.78 Å². The second-order valence-electron chi connectivity index (χ2n) is 5.96. The third-order valence-corrected chi connectivity index (χ3v) is 4.17. The first-order chi connectivity index (χ1) is 12.6. The zero-order valence-corrected chi connectivity index (χ0v) is 14.2. The Bertz CT molecular complexity index is 722. The first-order valence-electron chi connectivity index (χ1n) is 8.37. The van der Waals surface area contributed by atoms with E-state index in [1.54, 1.807) is 29.4 Å². The molecule has 0 saturated carbocycles. The molecule has 0 unspecified atom stereocenters. The number of carbonyl (C=O) groups excluding carboxylic acids is 1. The van der Waals surface area contributed by atoms with E-state index in [1.807, 2.05) is 12.1 Å². The van der Waals surface area contributed by atoms with Crippen LogP contribution >= 0.6 is 0 Å². The molecule has 26 heavy (non-hydrogen) atoms. The lowest BCUT2D eigenvalue weighted by molar-refractivity contribution is -0.127. The average Bonchev–Trinajstić information content (AvgIpc) is 3.14. The Morgan fingerprint density at radius 2 is 1.88 bits per heavy atom. The summed E-state index contributed by atoms with van der Waals surface area (Å²) in [5, 5.41) is 0. The van der Waals surface area contributed by atoms with E-state index in [0.717, 1.165) is 31.0 Å². The Labute approximate surface area is 150 Å². The molecule has 1 aliphatic heterocycles. The Morgan fingerprint density at radius 1 is 1.15 bits per heavy atom. The van der Waals surface area contributed by atoms with Gasteiger partial charge >= 0.3 is 6.61 Å². The van der Waals surface area contributed by atoms with Crippen LogP contribution in [0.1, 0.15) is 11.3 Å². The van der Waals surface area contributed by atoms with Gasteiger partial charge in [-0.3, -0.25) is 9.69 Å². The number of alkyl halides is 2. The Hall–Kier alpha value is -2.67. The van der Waals surface area contributed by atoms with Crippen LogP contribution < -0.4 is 4.74 Å². The molecule has 0 radical (unpaired) electrons. The summed E-state index contributed by atoms with van der Waals surface area (Å²) in [7, 11) is 0. The van der Waals surface area contributed by atoms with Crippen LogP contribution in [0.2, 0.25) is 0 Å². The fourth-order valence-corrected chi connectivity index (χ4v) is 2.78. The van der Waals surface area contributed by atoms with Gasteiger partial charge < -0.3 is 14.1 Å². The van der Waals surface area contributed by atoms with Crippen LogP contribution in [-0.4, -0.2) is 48.5 Å². The van der Waals surface area contributed by atoms with Crippen LogP contribution in [0, 0.1) is 0 Å². The molecule has 0 atom stereocenters. The number of piperazine rings is 1. The number of hydrogen-bond donors (Lipinski definition) is 0. The highest BCUT2D eigenvalue weighted by atomic mass is 19.3. The van der Waals surface area contributed by atoms with Crippen LogP contribution in [0.15, 0.2) is 53.2 Å². The van der Waals surface area contributed by atoms with Gasteiger partial charge in [-0.1, -0.05) is 12.1 Å². The zero-order chi connectivity index (χ0) is 18.4.